The Kier molecular flexibility index (Phi) is 3.05. The molecule has 3 aliphatic rings. The van der Waals surface area contributed by atoms with Crippen LogP contribution >= 0.6 is 0 Å². The molecule has 0 unspecified atom stereocenters. The van der Waals surface area contributed by atoms with E-state index >= 15 is 0 Å². The first-order valence-corrected chi connectivity index (χ1v) is 8.02. The molecule has 0 aliphatic carbocycles. The highest BCUT2D eigenvalue weighted by molar-refractivity contribution is 5.70. The molecule has 3 saturated heterocycles. The Morgan fingerprint density at radius 2 is 2.00 bits per heavy atom. The number of cyclic esters (lactones) is 1. The summed E-state index contributed by atoms with van der Waals surface area (Å²) in [7, 11) is 0. The normalized spacial score (nSPS) is 36.0. The summed E-state index contributed by atoms with van der Waals surface area (Å²) in [5.74, 6) is 0. The van der Waals surface area contributed by atoms with Crippen molar-refractivity contribution in [2.45, 2.75) is 43.8 Å². The summed E-state index contributed by atoms with van der Waals surface area (Å²) in [5.41, 5.74) is 2.07. The molecule has 2 atom stereocenters. The Bertz CT molecular complexity index is 626. The van der Waals surface area contributed by atoms with E-state index < -0.39 is 0 Å². The van der Waals surface area contributed by atoms with E-state index in [1.54, 1.807) is 4.90 Å². The lowest BCUT2D eigenvalue weighted by Gasteiger charge is -2.41. The number of amides is 1. The summed E-state index contributed by atoms with van der Waals surface area (Å²) in [6, 6.07) is 10.5. The second-order valence-corrected chi connectivity index (χ2v) is 6.66. The molecule has 3 heterocycles. The lowest BCUT2D eigenvalue weighted by atomic mass is 9.85. The number of fused-ring (bicyclic) bond motifs is 2. The minimum atomic E-state index is -0.267. The highest BCUT2D eigenvalue weighted by Gasteiger charge is 2.53. The van der Waals surface area contributed by atoms with Crippen LogP contribution < -0.4 is 0 Å². The van der Waals surface area contributed by atoms with Crippen LogP contribution in [0.2, 0.25) is 0 Å². The van der Waals surface area contributed by atoms with E-state index in [1.165, 1.54) is 11.1 Å². The van der Waals surface area contributed by atoms with Crippen LogP contribution in [0, 0.1) is 0 Å². The van der Waals surface area contributed by atoms with Gasteiger partial charge in [-0.25, -0.2) is 4.79 Å². The third-order valence-electron chi connectivity index (χ3n) is 5.31. The van der Waals surface area contributed by atoms with Crippen molar-refractivity contribution in [1.29, 1.82) is 0 Å². The zero-order chi connectivity index (χ0) is 15.2. The van der Waals surface area contributed by atoms with E-state index in [0.29, 0.717) is 13.2 Å². The van der Waals surface area contributed by atoms with Crippen molar-refractivity contribution >= 4 is 6.09 Å². The molecule has 0 N–H and O–H groups in total. The van der Waals surface area contributed by atoms with Crippen molar-refractivity contribution < 1.29 is 14.3 Å². The molecule has 3 fully saturated rings. The van der Waals surface area contributed by atoms with Gasteiger partial charge in [-0.1, -0.05) is 30.3 Å². The summed E-state index contributed by atoms with van der Waals surface area (Å²) in [6.07, 6.45) is 5.70. The molecule has 116 valence electrons. The third-order valence-corrected chi connectivity index (χ3v) is 5.31. The van der Waals surface area contributed by atoms with Gasteiger partial charge in [-0.05, 0) is 43.7 Å². The molecular weight excluding hydrogens is 278 g/mol. The van der Waals surface area contributed by atoms with Crippen LogP contribution in [0.3, 0.4) is 0 Å². The molecule has 4 rings (SSSR count). The number of carbonyl (C=O) groups excluding carboxylic acids is 1. The van der Waals surface area contributed by atoms with E-state index in [0.717, 1.165) is 25.7 Å². The van der Waals surface area contributed by atoms with E-state index in [-0.39, 0.29) is 17.3 Å². The second kappa shape index (κ2) is 4.85. The van der Waals surface area contributed by atoms with Gasteiger partial charge < -0.3 is 9.47 Å². The molecule has 1 amide bonds. The zero-order valence-corrected chi connectivity index (χ0v) is 12.9. The van der Waals surface area contributed by atoms with E-state index in [2.05, 4.69) is 31.2 Å². The second-order valence-electron chi connectivity index (χ2n) is 6.66. The minimum Gasteiger partial charge on any atom is -0.447 e. The predicted octanol–water partition coefficient (Wildman–Crippen LogP) is 3.58. The van der Waals surface area contributed by atoms with Gasteiger partial charge in [0.05, 0.1) is 17.7 Å². The molecule has 1 aromatic carbocycles. The Labute approximate surface area is 130 Å². The fourth-order valence-electron chi connectivity index (χ4n) is 3.98. The maximum atomic E-state index is 11.7. The van der Waals surface area contributed by atoms with Crippen LogP contribution in [0.1, 0.15) is 38.2 Å². The molecule has 0 saturated carbocycles. The first-order valence-electron chi connectivity index (χ1n) is 8.02. The van der Waals surface area contributed by atoms with Gasteiger partial charge in [0.2, 0.25) is 0 Å². The highest BCUT2D eigenvalue weighted by atomic mass is 16.6. The monoisotopic (exact) mass is 299 g/mol. The molecule has 4 nitrogen and oxygen atoms in total. The van der Waals surface area contributed by atoms with E-state index in [9.17, 15) is 4.79 Å². The van der Waals surface area contributed by atoms with Crippen LogP contribution in [0.15, 0.2) is 42.1 Å². The van der Waals surface area contributed by atoms with Crippen LogP contribution in [-0.4, -0.2) is 29.7 Å². The van der Waals surface area contributed by atoms with Crippen LogP contribution in [0.25, 0.3) is 0 Å². The smallest absolute Gasteiger partial charge is 0.413 e. The Morgan fingerprint density at radius 1 is 1.18 bits per heavy atom. The number of ether oxygens (including phenoxy) is 2. The van der Waals surface area contributed by atoms with Crippen molar-refractivity contribution in [2.75, 3.05) is 13.2 Å². The predicted molar refractivity (Wildman–Crippen MR) is 82.2 cm³/mol. The number of carbonyl (C=O) groups is 1. The largest absolute Gasteiger partial charge is 0.447 e. The summed E-state index contributed by atoms with van der Waals surface area (Å²) in [5, 5.41) is 0. The van der Waals surface area contributed by atoms with Crippen molar-refractivity contribution in [3.8, 4) is 0 Å². The van der Waals surface area contributed by atoms with Gasteiger partial charge in [0, 0.05) is 6.20 Å². The van der Waals surface area contributed by atoms with Gasteiger partial charge in [0.15, 0.2) is 0 Å². The average molecular weight is 299 g/mol. The highest BCUT2D eigenvalue weighted by Crippen LogP contribution is 2.55. The molecule has 4 heteroatoms. The first kappa shape index (κ1) is 13.8. The molecule has 0 aromatic heterocycles. The number of hydrogen-bond donors (Lipinski definition) is 0. The van der Waals surface area contributed by atoms with Crippen molar-refractivity contribution in [2.24, 2.45) is 0 Å². The molecule has 1 aromatic rings. The Balaban J connectivity index is 1.62. The average Bonchev–Trinajstić information content (AvgIpc) is 3.06. The number of hydrogen-bond acceptors (Lipinski definition) is 3. The maximum Gasteiger partial charge on any atom is 0.413 e. The molecule has 22 heavy (non-hydrogen) atoms. The zero-order valence-electron chi connectivity index (χ0n) is 12.9. The van der Waals surface area contributed by atoms with Gasteiger partial charge in [-0.2, -0.15) is 0 Å². The van der Waals surface area contributed by atoms with Crippen LogP contribution in [0.5, 0.6) is 0 Å². The van der Waals surface area contributed by atoms with Crippen LogP contribution in [0.4, 0.5) is 4.79 Å². The van der Waals surface area contributed by atoms with Gasteiger partial charge in [0.1, 0.15) is 6.61 Å². The SMILES string of the molecule is C[C@]12CC[C@](c3ccccc3)(CC/C1=C/N1CCOC1=O)O2. The summed E-state index contributed by atoms with van der Waals surface area (Å²) in [4.78, 5) is 13.3. The van der Waals surface area contributed by atoms with Crippen molar-refractivity contribution in [3.05, 3.63) is 47.7 Å². The fourth-order valence-corrected chi connectivity index (χ4v) is 3.98. The first-order chi connectivity index (χ1) is 10.6. The lowest BCUT2D eigenvalue weighted by molar-refractivity contribution is -0.107. The van der Waals surface area contributed by atoms with Gasteiger partial charge in [-0.3, -0.25) is 4.90 Å². The molecule has 0 radical (unpaired) electrons. The third kappa shape index (κ3) is 2.05. The summed E-state index contributed by atoms with van der Waals surface area (Å²) in [6.45, 7) is 3.28. The van der Waals surface area contributed by atoms with E-state index in [1.807, 2.05) is 12.3 Å². The summed E-state index contributed by atoms with van der Waals surface area (Å²) >= 11 is 0. The number of nitrogens with zero attached hydrogens (tertiary/aromatic N) is 1. The maximum absolute atomic E-state index is 11.7. The van der Waals surface area contributed by atoms with Gasteiger partial charge >= 0.3 is 6.09 Å². The Hall–Kier alpha value is -1.81. The molecule has 0 spiro atoms. The standard InChI is InChI=1S/C18H21NO3/c1-17-9-10-18(22-17,14-5-3-2-4-6-14)8-7-15(17)13-19-11-12-21-16(19)20/h2-6,13H,7-12H2,1H3/b15-13-/t17-,18-/m0/s1. The molecule has 3 aliphatic heterocycles. The molecular formula is C18H21NO3. The summed E-state index contributed by atoms with van der Waals surface area (Å²) < 4.78 is 11.6. The van der Waals surface area contributed by atoms with Crippen LogP contribution in [-0.2, 0) is 15.1 Å². The van der Waals surface area contributed by atoms with E-state index in [4.69, 9.17) is 9.47 Å². The fraction of sp³-hybridized carbons (Fsp3) is 0.500. The minimum absolute atomic E-state index is 0.154. The van der Waals surface area contributed by atoms with Gasteiger partial charge in [0.25, 0.3) is 0 Å². The van der Waals surface area contributed by atoms with Gasteiger partial charge in [-0.15, -0.1) is 0 Å². The topological polar surface area (TPSA) is 38.8 Å². The quantitative estimate of drug-likeness (QED) is 0.838. The number of rotatable bonds is 2. The lowest BCUT2D eigenvalue weighted by Crippen LogP contribution is -2.39. The van der Waals surface area contributed by atoms with Crippen molar-refractivity contribution in [3.63, 3.8) is 0 Å². The molecule has 2 bridgehead atoms. The van der Waals surface area contributed by atoms with Crippen molar-refractivity contribution in [1.82, 2.24) is 4.90 Å². The number of benzene rings is 1. The Morgan fingerprint density at radius 3 is 2.73 bits per heavy atom.